The van der Waals surface area contributed by atoms with E-state index in [2.05, 4.69) is 15.4 Å². The van der Waals surface area contributed by atoms with Gasteiger partial charge in [-0.2, -0.15) is 5.10 Å². The monoisotopic (exact) mass is 314 g/mol. The number of rotatable bonds is 5. The summed E-state index contributed by atoms with van der Waals surface area (Å²) in [5.41, 5.74) is 0.565. The lowest BCUT2D eigenvalue weighted by Crippen LogP contribution is -2.31. The molecule has 0 aliphatic heterocycles. The van der Waals surface area contributed by atoms with Gasteiger partial charge in [0.25, 0.3) is 5.91 Å². The van der Waals surface area contributed by atoms with Gasteiger partial charge in [0, 0.05) is 30.7 Å². The number of carbonyl (C=O) groups is 1. The topological polar surface area (TPSA) is 80.0 Å². The first-order valence-corrected chi connectivity index (χ1v) is 8.16. The molecule has 0 aromatic carbocycles. The number of aliphatic hydroxyl groups is 1. The second-order valence-electron chi connectivity index (χ2n) is 6.01. The molecule has 2 atom stereocenters. The number of hydrogen-bond donors (Lipinski definition) is 2. The summed E-state index contributed by atoms with van der Waals surface area (Å²) in [6, 6.07) is 5.22. The summed E-state index contributed by atoms with van der Waals surface area (Å²) in [5, 5.41) is 17.0. The van der Waals surface area contributed by atoms with E-state index in [1.165, 1.54) is 6.42 Å². The lowest BCUT2D eigenvalue weighted by molar-refractivity contribution is 0.0643. The zero-order chi connectivity index (χ0) is 16.1. The number of nitrogens with zero attached hydrogens (tertiary/aromatic N) is 3. The molecule has 2 aromatic heterocycles. The second-order valence-corrected chi connectivity index (χ2v) is 6.01. The van der Waals surface area contributed by atoms with Crippen molar-refractivity contribution in [2.75, 3.05) is 6.54 Å². The van der Waals surface area contributed by atoms with Crippen LogP contribution in [0.1, 0.15) is 42.5 Å². The Labute approximate surface area is 135 Å². The molecule has 3 rings (SSSR count). The van der Waals surface area contributed by atoms with Crippen LogP contribution in [0.3, 0.4) is 0 Å². The van der Waals surface area contributed by atoms with Crippen LogP contribution in [0.4, 0.5) is 0 Å². The highest BCUT2D eigenvalue weighted by molar-refractivity contribution is 5.94. The Morgan fingerprint density at radius 2 is 2.22 bits per heavy atom. The van der Waals surface area contributed by atoms with Gasteiger partial charge in [0.05, 0.1) is 6.10 Å². The normalized spacial score (nSPS) is 21.1. The average molecular weight is 314 g/mol. The van der Waals surface area contributed by atoms with Crippen LogP contribution in [-0.2, 0) is 0 Å². The maximum absolute atomic E-state index is 12.3. The molecule has 0 spiro atoms. The molecule has 1 saturated carbocycles. The van der Waals surface area contributed by atoms with Crippen LogP contribution in [0.2, 0.25) is 0 Å². The molecule has 1 fully saturated rings. The highest BCUT2D eigenvalue weighted by atomic mass is 16.3. The van der Waals surface area contributed by atoms with E-state index in [1.807, 2.05) is 6.07 Å². The van der Waals surface area contributed by atoms with Gasteiger partial charge < -0.3 is 10.4 Å². The SMILES string of the molecule is O=C(NCC[C@@H]1CCCC[C@@H]1O)c1ccnc(-n2cccn2)c1. The van der Waals surface area contributed by atoms with Crippen LogP contribution in [0, 0.1) is 5.92 Å². The zero-order valence-corrected chi connectivity index (χ0v) is 13.1. The molecule has 1 aliphatic carbocycles. The van der Waals surface area contributed by atoms with E-state index in [1.54, 1.807) is 35.4 Å². The molecule has 2 aromatic rings. The van der Waals surface area contributed by atoms with Crippen molar-refractivity contribution in [3.05, 3.63) is 42.4 Å². The van der Waals surface area contributed by atoms with Crippen LogP contribution in [0.25, 0.3) is 5.82 Å². The van der Waals surface area contributed by atoms with E-state index in [0.29, 0.717) is 23.8 Å². The molecule has 0 saturated heterocycles. The Kier molecular flexibility index (Phi) is 5.02. The van der Waals surface area contributed by atoms with E-state index >= 15 is 0 Å². The van der Waals surface area contributed by atoms with Gasteiger partial charge in [0.2, 0.25) is 0 Å². The fourth-order valence-corrected chi connectivity index (χ4v) is 3.09. The standard InChI is InChI=1S/C17H22N4O2/c22-15-5-2-1-4-13(15)6-10-19-17(23)14-7-9-18-16(12-14)21-11-3-8-20-21/h3,7-9,11-13,15,22H,1-2,4-6,10H2,(H,19,23)/t13-,15-/m0/s1. The fourth-order valence-electron chi connectivity index (χ4n) is 3.09. The predicted molar refractivity (Wildman–Crippen MR) is 86.3 cm³/mol. The van der Waals surface area contributed by atoms with Crippen molar-refractivity contribution in [3.8, 4) is 5.82 Å². The van der Waals surface area contributed by atoms with Gasteiger partial charge in [-0.05, 0) is 43.4 Å². The van der Waals surface area contributed by atoms with Crippen LogP contribution in [0.15, 0.2) is 36.8 Å². The number of carbonyl (C=O) groups excluding carboxylic acids is 1. The average Bonchev–Trinajstić information content (AvgIpc) is 3.11. The van der Waals surface area contributed by atoms with Gasteiger partial charge in [-0.25, -0.2) is 9.67 Å². The molecule has 6 heteroatoms. The molecule has 1 aliphatic rings. The summed E-state index contributed by atoms with van der Waals surface area (Å²) in [6.45, 7) is 0.583. The molecule has 1 amide bonds. The number of aromatic nitrogens is 3. The number of nitrogens with one attached hydrogen (secondary N) is 1. The summed E-state index contributed by atoms with van der Waals surface area (Å²) in [5.74, 6) is 0.803. The minimum absolute atomic E-state index is 0.119. The third kappa shape index (κ3) is 3.96. The highest BCUT2D eigenvalue weighted by Gasteiger charge is 2.22. The molecule has 6 nitrogen and oxygen atoms in total. The molecular weight excluding hydrogens is 292 g/mol. The van der Waals surface area contributed by atoms with Gasteiger partial charge in [-0.15, -0.1) is 0 Å². The summed E-state index contributed by atoms with van der Waals surface area (Å²) < 4.78 is 1.62. The molecule has 2 N–H and O–H groups in total. The number of pyridine rings is 1. The van der Waals surface area contributed by atoms with E-state index < -0.39 is 0 Å². The Morgan fingerprint density at radius 3 is 3.00 bits per heavy atom. The fraction of sp³-hybridized carbons (Fsp3) is 0.471. The van der Waals surface area contributed by atoms with E-state index in [4.69, 9.17) is 0 Å². The molecule has 2 heterocycles. The van der Waals surface area contributed by atoms with Gasteiger partial charge in [0.15, 0.2) is 5.82 Å². The number of hydrogen-bond acceptors (Lipinski definition) is 4. The van der Waals surface area contributed by atoms with Crippen molar-refractivity contribution >= 4 is 5.91 Å². The molecule has 122 valence electrons. The smallest absolute Gasteiger partial charge is 0.251 e. The van der Waals surface area contributed by atoms with Crippen molar-refractivity contribution in [1.82, 2.24) is 20.1 Å². The van der Waals surface area contributed by atoms with Crippen LogP contribution < -0.4 is 5.32 Å². The van der Waals surface area contributed by atoms with E-state index in [9.17, 15) is 9.90 Å². The Bertz CT molecular complexity index is 642. The largest absolute Gasteiger partial charge is 0.393 e. The minimum Gasteiger partial charge on any atom is -0.393 e. The van der Waals surface area contributed by atoms with Gasteiger partial charge in [-0.3, -0.25) is 4.79 Å². The molecule has 0 radical (unpaired) electrons. The van der Waals surface area contributed by atoms with Crippen LogP contribution in [-0.4, -0.2) is 38.4 Å². The van der Waals surface area contributed by atoms with Crippen LogP contribution >= 0.6 is 0 Å². The Hall–Kier alpha value is -2.21. The Balaban J connectivity index is 1.55. The molecule has 0 unspecified atom stereocenters. The predicted octanol–water partition coefficient (Wildman–Crippen LogP) is 1.94. The third-order valence-corrected chi connectivity index (χ3v) is 4.42. The van der Waals surface area contributed by atoms with Gasteiger partial charge >= 0.3 is 0 Å². The van der Waals surface area contributed by atoms with Crippen molar-refractivity contribution in [1.29, 1.82) is 0 Å². The second kappa shape index (κ2) is 7.37. The van der Waals surface area contributed by atoms with Gasteiger partial charge in [-0.1, -0.05) is 12.8 Å². The first-order valence-electron chi connectivity index (χ1n) is 8.16. The minimum atomic E-state index is -0.215. The molecular formula is C17H22N4O2. The maximum Gasteiger partial charge on any atom is 0.251 e. The van der Waals surface area contributed by atoms with Crippen molar-refractivity contribution in [3.63, 3.8) is 0 Å². The third-order valence-electron chi connectivity index (χ3n) is 4.42. The summed E-state index contributed by atoms with van der Waals surface area (Å²) in [6.07, 6.45) is 9.89. The quantitative estimate of drug-likeness (QED) is 0.884. The number of aliphatic hydroxyl groups excluding tert-OH is 1. The highest BCUT2D eigenvalue weighted by Crippen LogP contribution is 2.26. The first-order chi connectivity index (χ1) is 11.2. The molecule has 0 bridgehead atoms. The maximum atomic E-state index is 12.3. The zero-order valence-electron chi connectivity index (χ0n) is 13.1. The first kappa shape index (κ1) is 15.7. The van der Waals surface area contributed by atoms with E-state index in [-0.39, 0.29) is 12.0 Å². The lowest BCUT2D eigenvalue weighted by atomic mass is 9.84. The summed E-state index contributed by atoms with van der Waals surface area (Å²) in [7, 11) is 0. The van der Waals surface area contributed by atoms with Crippen LogP contribution in [0.5, 0.6) is 0 Å². The Morgan fingerprint density at radius 1 is 1.35 bits per heavy atom. The van der Waals surface area contributed by atoms with E-state index in [0.717, 1.165) is 25.7 Å². The van der Waals surface area contributed by atoms with Crippen molar-refractivity contribution < 1.29 is 9.90 Å². The summed E-state index contributed by atoms with van der Waals surface area (Å²) in [4.78, 5) is 16.5. The summed E-state index contributed by atoms with van der Waals surface area (Å²) >= 11 is 0. The number of amides is 1. The van der Waals surface area contributed by atoms with Gasteiger partial charge in [0.1, 0.15) is 0 Å². The molecule has 23 heavy (non-hydrogen) atoms. The van der Waals surface area contributed by atoms with Crippen molar-refractivity contribution in [2.24, 2.45) is 5.92 Å². The lowest BCUT2D eigenvalue weighted by Gasteiger charge is -2.27. The van der Waals surface area contributed by atoms with Crippen molar-refractivity contribution in [2.45, 2.75) is 38.2 Å².